The summed E-state index contributed by atoms with van der Waals surface area (Å²) in [7, 11) is 0. The highest BCUT2D eigenvalue weighted by atomic mass is 32.2. The fourth-order valence-electron chi connectivity index (χ4n) is 2.50. The second kappa shape index (κ2) is 7.52. The van der Waals surface area contributed by atoms with Crippen LogP contribution in [-0.4, -0.2) is 38.3 Å². The van der Waals surface area contributed by atoms with Crippen molar-refractivity contribution in [2.24, 2.45) is 5.92 Å². The van der Waals surface area contributed by atoms with Crippen molar-refractivity contribution in [1.29, 1.82) is 0 Å². The topological polar surface area (TPSA) is 84.7 Å². The highest BCUT2D eigenvalue weighted by molar-refractivity contribution is 8.01. The van der Waals surface area contributed by atoms with Gasteiger partial charge in [0.05, 0.1) is 11.7 Å². The molecule has 1 aliphatic carbocycles. The van der Waals surface area contributed by atoms with E-state index in [4.69, 9.17) is 0 Å². The van der Waals surface area contributed by atoms with E-state index in [9.17, 15) is 4.79 Å². The van der Waals surface area contributed by atoms with Crippen molar-refractivity contribution in [3.05, 3.63) is 16.8 Å². The third-order valence-electron chi connectivity index (χ3n) is 3.91. The lowest BCUT2D eigenvalue weighted by atomic mass is 10.2. The first-order valence-electron chi connectivity index (χ1n) is 8.07. The number of hydrogen-bond donors (Lipinski definition) is 2. The molecule has 2 heterocycles. The van der Waals surface area contributed by atoms with E-state index in [1.807, 2.05) is 24.6 Å². The lowest BCUT2D eigenvalue weighted by molar-refractivity contribution is 0.252. The van der Waals surface area contributed by atoms with Crippen LogP contribution >= 0.6 is 23.1 Å². The van der Waals surface area contributed by atoms with Crippen molar-refractivity contribution < 1.29 is 4.79 Å². The van der Waals surface area contributed by atoms with Gasteiger partial charge in [0.15, 0.2) is 4.34 Å². The minimum absolute atomic E-state index is 0.201. The number of nitrogens with one attached hydrogen (secondary N) is 2. The van der Waals surface area contributed by atoms with Crippen LogP contribution in [0.15, 0.2) is 10.4 Å². The van der Waals surface area contributed by atoms with Gasteiger partial charge in [0.2, 0.25) is 0 Å². The van der Waals surface area contributed by atoms with Crippen molar-refractivity contribution in [3.8, 4) is 0 Å². The van der Waals surface area contributed by atoms with Crippen molar-refractivity contribution >= 4 is 34.9 Å². The maximum absolute atomic E-state index is 12.1. The largest absolute Gasteiger partial charge is 0.337 e. The molecular formula is C15H22N6OS2. The number of amides is 2. The standard InChI is InChI=1S/C15H22N6OS2/c1-9-8-13(21(20-9)10(2)12-4-5-12)17-14(22)16-6-7-23-15-19-18-11(3)24-15/h8,10,12H,4-7H2,1-3H3,(H2,16,17,22). The van der Waals surface area contributed by atoms with Crippen molar-refractivity contribution in [1.82, 2.24) is 25.3 Å². The molecule has 9 heteroatoms. The van der Waals surface area contributed by atoms with Gasteiger partial charge in [0.25, 0.3) is 0 Å². The molecule has 1 atom stereocenters. The van der Waals surface area contributed by atoms with E-state index in [0.717, 1.165) is 26.6 Å². The van der Waals surface area contributed by atoms with Crippen molar-refractivity contribution in [2.45, 2.75) is 44.0 Å². The Balaban J connectivity index is 1.46. The molecule has 0 aliphatic heterocycles. The molecule has 0 radical (unpaired) electrons. The fraction of sp³-hybridized carbons (Fsp3) is 0.600. The first kappa shape index (κ1) is 17.2. The number of nitrogens with zero attached hydrogens (tertiary/aromatic N) is 4. The van der Waals surface area contributed by atoms with E-state index < -0.39 is 0 Å². The third kappa shape index (κ3) is 4.47. The fourth-order valence-corrected chi connectivity index (χ4v) is 4.24. The molecule has 0 aromatic carbocycles. The first-order valence-corrected chi connectivity index (χ1v) is 9.87. The maximum atomic E-state index is 12.1. The summed E-state index contributed by atoms with van der Waals surface area (Å²) in [6, 6.07) is 2.04. The number of urea groups is 1. The SMILES string of the molecule is Cc1cc(NC(=O)NCCSc2nnc(C)s2)n(C(C)C2CC2)n1. The Morgan fingerprint density at radius 3 is 2.92 bits per heavy atom. The molecule has 0 saturated heterocycles. The van der Waals surface area contributed by atoms with Crippen LogP contribution in [0.2, 0.25) is 0 Å². The average Bonchev–Trinajstić information content (AvgIpc) is 3.21. The second-order valence-corrected chi connectivity index (χ2v) is 8.53. The van der Waals surface area contributed by atoms with E-state index in [-0.39, 0.29) is 6.03 Å². The molecule has 2 amide bonds. The van der Waals surface area contributed by atoms with Crippen LogP contribution in [0, 0.1) is 19.8 Å². The summed E-state index contributed by atoms with van der Waals surface area (Å²) >= 11 is 3.17. The smallest absolute Gasteiger partial charge is 0.320 e. The third-order valence-corrected chi connectivity index (χ3v) is 5.88. The minimum atomic E-state index is -0.201. The van der Waals surface area contributed by atoms with Gasteiger partial charge < -0.3 is 5.32 Å². The Labute approximate surface area is 149 Å². The lowest BCUT2D eigenvalue weighted by Gasteiger charge is -2.15. The summed E-state index contributed by atoms with van der Waals surface area (Å²) in [5, 5.41) is 19.3. The molecule has 1 fully saturated rings. The van der Waals surface area contributed by atoms with E-state index in [0.29, 0.717) is 18.5 Å². The Hall–Kier alpha value is -1.61. The summed E-state index contributed by atoms with van der Waals surface area (Å²) in [5.41, 5.74) is 0.917. The molecule has 24 heavy (non-hydrogen) atoms. The van der Waals surface area contributed by atoms with E-state index in [1.165, 1.54) is 12.8 Å². The van der Waals surface area contributed by atoms with Gasteiger partial charge in [-0.3, -0.25) is 5.32 Å². The molecule has 7 nitrogen and oxygen atoms in total. The summed E-state index contributed by atoms with van der Waals surface area (Å²) in [4.78, 5) is 12.1. The summed E-state index contributed by atoms with van der Waals surface area (Å²) in [5.74, 6) is 2.20. The van der Waals surface area contributed by atoms with Crippen LogP contribution in [-0.2, 0) is 0 Å². The predicted octanol–water partition coefficient (Wildman–Crippen LogP) is 3.24. The molecule has 2 aromatic rings. The highest BCUT2D eigenvalue weighted by Gasteiger charge is 2.31. The molecule has 1 unspecified atom stereocenters. The Morgan fingerprint density at radius 2 is 2.25 bits per heavy atom. The van der Waals surface area contributed by atoms with Gasteiger partial charge in [-0.15, -0.1) is 10.2 Å². The number of carbonyl (C=O) groups excluding carboxylic acids is 1. The molecule has 130 valence electrons. The zero-order valence-electron chi connectivity index (χ0n) is 14.1. The number of aromatic nitrogens is 4. The van der Waals surface area contributed by atoms with Crippen LogP contribution in [0.25, 0.3) is 0 Å². The van der Waals surface area contributed by atoms with Crippen LogP contribution in [0.1, 0.15) is 36.5 Å². The quantitative estimate of drug-likeness (QED) is 0.580. The number of anilines is 1. The van der Waals surface area contributed by atoms with E-state index in [2.05, 4.69) is 32.9 Å². The Kier molecular flexibility index (Phi) is 5.40. The number of hydrogen-bond acceptors (Lipinski definition) is 6. The predicted molar refractivity (Wildman–Crippen MR) is 96.8 cm³/mol. The van der Waals surface area contributed by atoms with Gasteiger partial charge in [0, 0.05) is 18.4 Å². The molecule has 2 aromatic heterocycles. The van der Waals surface area contributed by atoms with Gasteiger partial charge >= 0.3 is 6.03 Å². The molecule has 1 saturated carbocycles. The maximum Gasteiger partial charge on any atom is 0.320 e. The Bertz CT molecular complexity index is 709. The molecule has 2 N–H and O–H groups in total. The lowest BCUT2D eigenvalue weighted by Crippen LogP contribution is -2.31. The molecule has 0 bridgehead atoms. The van der Waals surface area contributed by atoms with Crippen molar-refractivity contribution in [3.63, 3.8) is 0 Å². The molecule has 1 aliphatic rings. The number of rotatable bonds is 7. The molecular weight excluding hydrogens is 344 g/mol. The van der Waals surface area contributed by atoms with Gasteiger partial charge in [-0.25, -0.2) is 9.48 Å². The number of carbonyl (C=O) groups is 1. The number of aryl methyl sites for hydroxylation is 2. The van der Waals surface area contributed by atoms with Gasteiger partial charge in [0.1, 0.15) is 10.8 Å². The monoisotopic (exact) mass is 366 g/mol. The van der Waals surface area contributed by atoms with Gasteiger partial charge in [-0.05, 0) is 39.5 Å². The normalized spacial score (nSPS) is 15.3. The van der Waals surface area contributed by atoms with Crippen LogP contribution in [0.3, 0.4) is 0 Å². The van der Waals surface area contributed by atoms with Gasteiger partial charge in [-0.2, -0.15) is 5.10 Å². The second-order valence-electron chi connectivity index (χ2n) is 6.01. The number of thioether (sulfide) groups is 1. The van der Waals surface area contributed by atoms with Crippen molar-refractivity contribution in [2.75, 3.05) is 17.6 Å². The first-order chi connectivity index (χ1) is 11.5. The van der Waals surface area contributed by atoms with Crippen LogP contribution < -0.4 is 10.6 Å². The zero-order chi connectivity index (χ0) is 17.1. The van der Waals surface area contributed by atoms with E-state index >= 15 is 0 Å². The highest BCUT2D eigenvalue weighted by Crippen LogP contribution is 2.40. The van der Waals surface area contributed by atoms with E-state index in [1.54, 1.807) is 23.1 Å². The minimum Gasteiger partial charge on any atom is -0.337 e. The summed E-state index contributed by atoms with van der Waals surface area (Å²) in [6.07, 6.45) is 2.49. The average molecular weight is 367 g/mol. The van der Waals surface area contributed by atoms with Crippen LogP contribution in [0.4, 0.5) is 10.6 Å². The van der Waals surface area contributed by atoms with Gasteiger partial charge in [-0.1, -0.05) is 23.1 Å². The summed E-state index contributed by atoms with van der Waals surface area (Å²) in [6.45, 7) is 6.61. The zero-order valence-corrected chi connectivity index (χ0v) is 15.7. The Morgan fingerprint density at radius 1 is 1.46 bits per heavy atom. The van der Waals surface area contributed by atoms with Crippen LogP contribution in [0.5, 0.6) is 0 Å². The molecule has 3 rings (SSSR count). The summed E-state index contributed by atoms with van der Waals surface area (Å²) < 4.78 is 2.87. The molecule has 0 spiro atoms.